The molecule has 4 heterocycles. The van der Waals surface area contributed by atoms with E-state index in [1.165, 1.54) is 6.42 Å². The lowest BCUT2D eigenvalue weighted by molar-refractivity contribution is 0.247. The molecule has 8 heteroatoms. The summed E-state index contributed by atoms with van der Waals surface area (Å²) >= 11 is 0. The maximum atomic E-state index is 9.13. The number of anilines is 1. The fraction of sp³-hybridized carbons (Fsp3) is 0.421. The first-order valence-corrected chi connectivity index (χ1v) is 9.14. The minimum absolute atomic E-state index is 0.0613. The van der Waals surface area contributed by atoms with Crippen LogP contribution in [-0.2, 0) is 0 Å². The maximum Gasteiger partial charge on any atom is 0.166 e. The molecule has 2 saturated heterocycles. The molecule has 2 aromatic heterocycles. The molecular weight excluding hydrogens is 340 g/mol. The van der Waals surface area contributed by atoms with Crippen molar-refractivity contribution in [2.75, 3.05) is 31.1 Å². The molecule has 0 saturated carbocycles. The molecule has 138 valence electrons. The summed E-state index contributed by atoms with van der Waals surface area (Å²) < 4.78 is 0. The lowest BCUT2D eigenvalue weighted by Gasteiger charge is -2.39. The van der Waals surface area contributed by atoms with Gasteiger partial charge in [-0.05, 0) is 37.3 Å². The molecule has 0 aliphatic carbocycles. The van der Waals surface area contributed by atoms with E-state index in [2.05, 4.69) is 20.2 Å². The quantitative estimate of drug-likeness (QED) is 0.557. The Morgan fingerprint density at radius 3 is 2.81 bits per heavy atom. The number of allylic oxidation sites excluding steroid dienone is 2. The summed E-state index contributed by atoms with van der Waals surface area (Å²) in [5.41, 5.74) is 7.03. The van der Waals surface area contributed by atoms with Crippen molar-refractivity contribution in [3.63, 3.8) is 0 Å². The van der Waals surface area contributed by atoms with Crippen LogP contribution >= 0.6 is 0 Å². The molecule has 2 aromatic rings. The van der Waals surface area contributed by atoms with E-state index in [1.54, 1.807) is 12.4 Å². The van der Waals surface area contributed by atoms with E-state index in [0.717, 1.165) is 56.4 Å². The van der Waals surface area contributed by atoms with Crippen LogP contribution in [0.25, 0.3) is 16.5 Å². The minimum Gasteiger partial charge on any atom is -0.390 e. The monoisotopic (exact) mass is 362 g/mol. The number of rotatable bonds is 3. The molecule has 0 aromatic carbocycles. The van der Waals surface area contributed by atoms with Gasteiger partial charge in [0.2, 0.25) is 0 Å². The van der Waals surface area contributed by atoms with Crippen molar-refractivity contribution < 1.29 is 0 Å². The summed E-state index contributed by atoms with van der Waals surface area (Å²) in [6.07, 6.45) is 7.94. The summed E-state index contributed by atoms with van der Waals surface area (Å²) in [5.74, 6) is 1.12. The molecule has 0 atom stereocenters. The van der Waals surface area contributed by atoms with Crippen molar-refractivity contribution in [3.05, 3.63) is 30.0 Å². The average Bonchev–Trinajstić information content (AvgIpc) is 3.16. The van der Waals surface area contributed by atoms with Crippen LogP contribution in [0.5, 0.6) is 0 Å². The second-order valence-electron chi connectivity index (χ2n) is 7.26. The van der Waals surface area contributed by atoms with Gasteiger partial charge in [0.25, 0.3) is 0 Å². The van der Waals surface area contributed by atoms with Gasteiger partial charge in [0.1, 0.15) is 17.6 Å². The van der Waals surface area contributed by atoms with Crippen molar-refractivity contribution in [2.24, 2.45) is 11.1 Å². The predicted molar refractivity (Wildman–Crippen MR) is 104 cm³/mol. The molecule has 2 aliphatic rings. The third kappa shape index (κ3) is 3.11. The van der Waals surface area contributed by atoms with Gasteiger partial charge in [-0.25, -0.2) is 9.97 Å². The lowest BCUT2D eigenvalue weighted by atomic mass is 9.78. The zero-order valence-electron chi connectivity index (χ0n) is 15.1. The smallest absolute Gasteiger partial charge is 0.166 e. The van der Waals surface area contributed by atoms with Crippen LogP contribution in [0.1, 0.15) is 25.1 Å². The molecule has 8 nitrogen and oxygen atoms in total. The van der Waals surface area contributed by atoms with Crippen LogP contribution < -0.4 is 16.0 Å². The van der Waals surface area contributed by atoms with E-state index in [0.29, 0.717) is 16.8 Å². The Morgan fingerprint density at radius 1 is 1.33 bits per heavy atom. The van der Waals surface area contributed by atoms with Crippen LogP contribution in [-0.4, -0.2) is 47.3 Å². The maximum absolute atomic E-state index is 9.13. The van der Waals surface area contributed by atoms with Crippen molar-refractivity contribution in [1.29, 1.82) is 10.7 Å². The van der Waals surface area contributed by atoms with E-state index >= 15 is 0 Å². The number of nitriles is 1. The van der Waals surface area contributed by atoms with Crippen LogP contribution in [0, 0.1) is 22.2 Å². The molecule has 1 spiro atoms. The molecule has 0 amide bonds. The minimum atomic E-state index is -0.0613. The van der Waals surface area contributed by atoms with Gasteiger partial charge < -0.3 is 21.4 Å². The SMILES string of the molecule is N#C/C(N)=C(/C=N)c1nc(N2CCC3(CCNC3)CC2)c2ccncc2n1. The third-order valence-corrected chi connectivity index (χ3v) is 5.73. The summed E-state index contributed by atoms with van der Waals surface area (Å²) in [6, 6.07) is 3.80. The lowest BCUT2D eigenvalue weighted by Crippen LogP contribution is -2.41. The third-order valence-electron chi connectivity index (χ3n) is 5.73. The van der Waals surface area contributed by atoms with Gasteiger partial charge in [-0.1, -0.05) is 0 Å². The number of nitrogens with one attached hydrogen (secondary N) is 2. The Bertz CT molecular complexity index is 942. The number of fused-ring (bicyclic) bond motifs is 1. The molecule has 27 heavy (non-hydrogen) atoms. The number of pyridine rings is 1. The Hall–Kier alpha value is -3.05. The number of piperidine rings is 1. The Labute approximate surface area is 157 Å². The van der Waals surface area contributed by atoms with Crippen molar-refractivity contribution >= 4 is 28.5 Å². The largest absolute Gasteiger partial charge is 0.390 e. The number of hydrogen-bond acceptors (Lipinski definition) is 8. The van der Waals surface area contributed by atoms with Crippen molar-refractivity contribution in [3.8, 4) is 6.07 Å². The van der Waals surface area contributed by atoms with E-state index in [-0.39, 0.29) is 11.3 Å². The van der Waals surface area contributed by atoms with Crippen molar-refractivity contribution in [1.82, 2.24) is 20.3 Å². The molecule has 0 radical (unpaired) electrons. The van der Waals surface area contributed by atoms with Crippen molar-refractivity contribution in [2.45, 2.75) is 19.3 Å². The highest BCUT2D eigenvalue weighted by atomic mass is 15.2. The molecular formula is C19H22N8. The normalized spacial score (nSPS) is 19.7. The van der Waals surface area contributed by atoms with E-state index in [1.807, 2.05) is 12.1 Å². The molecule has 4 N–H and O–H groups in total. The van der Waals surface area contributed by atoms with E-state index in [9.17, 15) is 0 Å². The van der Waals surface area contributed by atoms with Crippen LogP contribution in [0.15, 0.2) is 24.2 Å². The van der Waals surface area contributed by atoms with E-state index < -0.39 is 0 Å². The van der Waals surface area contributed by atoms with Gasteiger partial charge in [-0.15, -0.1) is 0 Å². The summed E-state index contributed by atoms with van der Waals surface area (Å²) in [4.78, 5) is 15.6. The highest BCUT2D eigenvalue weighted by molar-refractivity contribution is 6.09. The molecule has 4 rings (SSSR count). The summed E-state index contributed by atoms with van der Waals surface area (Å²) in [5, 5.41) is 21.2. The van der Waals surface area contributed by atoms with Gasteiger partial charge in [0.15, 0.2) is 5.82 Å². The number of aromatic nitrogens is 3. The van der Waals surface area contributed by atoms with Gasteiger partial charge in [0.05, 0.1) is 17.3 Å². The van der Waals surface area contributed by atoms with Crippen LogP contribution in [0.4, 0.5) is 5.82 Å². The summed E-state index contributed by atoms with van der Waals surface area (Å²) in [6.45, 7) is 4.05. The fourth-order valence-electron chi connectivity index (χ4n) is 4.06. The van der Waals surface area contributed by atoms with Gasteiger partial charge >= 0.3 is 0 Å². The average molecular weight is 362 g/mol. The zero-order chi connectivity index (χ0) is 18.9. The standard InChI is InChI=1S/C19H22N8/c20-9-14(15(22)10-21)17-25-16-11-23-5-1-13(16)18(26-17)27-7-3-19(4-8-27)2-6-24-12-19/h1,5,9,11,20,24H,2-4,6-8,12,22H2/b15-14+,20-9?. The van der Waals surface area contributed by atoms with Gasteiger partial charge in [-0.2, -0.15) is 5.26 Å². The Kier molecular flexibility index (Phi) is 4.46. The van der Waals surface area contributed by atoms with Crippen LogP contribution in [0.2, 0.25) is 0 Å². The summed E-state index contributed by atoms with van der Waals surface area (Å²) in [7, 11) is 0. The number of nitrogens with two attached hydrogens (primary N) is 1. The Balaban J connectivity index is 1.76. The van der Waals surface area contributed by atoms with Gasteiger partial charge in [0, 0.05) is 37.4 Å². The highest BCUT2D eigenvalue weighted by Crippen LogP contribution is 2.39. The molecule has 2 fully saturated rings. The van der Waals surface area contributed by atoms with E-state index in [4.69, 9.17) is 21.4 Å². The highest BCUT2D eigenvalue weighted by Gasteiger charge is 2.37. The van der Waals surface area contributed by atoms with Crippen LogP contribution in [0.3, 0.4) is 0 Å². The second-order valence-corrected chi connectivity index (χ2v) is 7.26. The Morgan fingerprint density at radius 2 is 2.15 bits per heavy atom. The predicted octanol–water partition coefficient (Wildman–Crippen LogP) is 1.45. The molecule has 0 unspecified atom stereocenters. The number of nitrogens with zero attached hydrogens (tertiary/aromatic N) is 5. The number of hydrogen-bond donors (Lipinski definition) is 3. The fourth-order valence-corrected chi connectivity index (χ4v) is 4.06. The molecule has 0 bridgehead atoms. The first-order valence-electron chi connectivity index (χ1n) is 9.14. The molecule has 2 aliphatic heterocycles. The first-order chi connectivity index (χ1) is 13.2. The van der Waals surface area contributed by atoms with Gasteiger partial charge in [-0.3, -0.25) is 4.98 Å². The first kappa shape index (κ1) is 17.4. The topological polar surface area (TPSA) is 128 Å². The second kappa shape index (κ2) is 6.93. The zero-order valence-corrected chi connectivity index (χ0v) is 15.1.